The van der Waals surface area contributed by atoms with E-state index < -0.39 is 5.97 Å². The smallest absolute Gasteiger partial charge is 0.325 e. The lowest BCUT2D eigenvalue weighted by molar-refractivity contribution is -0.149. The van der Waals surface area contributed by atoms with Gasteiger partial charge in [0.2, 0.25) is 11.8 Å². The molecule has 2 fully saturated rings. The van der Waals surface area contributed by atoms with Gasteiger partial charge in [0.05, 0.1) is 29.5 Å². The minimum atomic E-state index is -0.474. The van der Waals surface area contributed by atoms with Gasteiger partial charge >= 0.3 is 5.97 Å². The Bertz CT molecular complexity index is 1690. The van der Waals surface area contributed by atoms with Crippen molar-refractivity contribution in [2.75, 3.05) is 33.3 Å². The molecule has 0 unspecified atom stereocenters. The van der Waals surface area contributed by atoms with E-state index in [0.717, 1.165) is 48.0 Å². The van der Waals surface area contributed by atoms with Crippen molar-refractivity contribution in [3.05, 3.63) is 48.0 Å². The van der Waals surface area contributed by atoms with E-state index in [2.05, 4.69) is 5.10 Å². The van der Waals surface area contributed by atoms with E-state index in [4.69, 9.17) is 9.84 Å². The number of benzene rings is 2. The number of hydrogen-bond donors (Lipinski definition) is 0. The molecule has 1 spiro atoms. The lowest BCUT2D eigenvalue weighted by atomic mass is 9.56. The Morgan fingerprint density at radius 3 is 2.61 bits per heavy atom. The highest BCUT2D eigenvalue weighted by molar-refractivity contribution is 6.00. The standard InChI is InChI=1S/C30H33FN6O4/c1-5-41-27(40)15-34(3)26(39)14-37-24-8-6-7-21(22-10-25-19(9-23(22)31)13-32-35(25)4)28(24)29(33-37)20-11-30(12-20)16-36(17-30)18(2)38/h6-10,13,20H,5,11-12,14-17H2,1-4H3. The molecule has 1 aliphatic heterocycles. The molecule has 2 aromatic carbocycles. The molecule has 0 radical (unpaired) electrons. The number of aromatic nitrogens is 4. The van der Waals surface area contributed by atoms with Crippen LogP contribution in [0.2, 0.25) is 0 Å². The molecule has 2 aliphatic rings. The van der Waals surface area contributed by atoms with Gasteiger partial charge in [0, 0.05) is 61.8 Å². The van der Waals surface area contributed by atoms with Gasteiger partial charge in [-0.25, -0.2) is 4.39 Å². The van der Waals surface area contributed by atoms with Crippen LogP contribution < -0.4 is 0 Å². The van der Waals surface area contributed by atoms with Gasteiger partial charge in [0.15, 0.2) is 0 Å². The summed E-state index contributed by atoms with van der Waals surface area (Å²) < 4.78 is 23.9. The van der Waals surface area contributed by atoms with Crippen molar-refractivity contribution in [3.8, 4) is 11.1 Å². The average molecular weight is 561 g/mol. The van der Waals surface area contributed by atoms with E-state index in [1.165, 1.54) is 11.0 Å². The van der Waals surface area contributed by atoms with Crippen LogP contribution in [0.25, 0.3) is 32.9 Å². The highest BCUT2D eigenvalue weighted by Gasteiger charge is 2.54. The second kappa shape index (κ2) is 9.97. The van der Waals surface area contributed by atoms with Crippen LogP contribution in [0.5, 0.6) is 0 Å². The summed E-state index contributed by atoms with van der Waals surface area (Å²) in [6.45, 7) is 4.81. The van der Waals surface area contributed by atoms with Crippen LogP contribution in [0.3, 0.4) is 0 Å². The first-order chi connectivity index (χ1) is 19.6. The zero-order valence-corrected chi connectivity index (χ0v) is 23.7. The molecule has 2 aromatic heterocycles. The summed E-state index contributed by atoms with van der Waals surface area (Å²) in [6, 6.07) is 8.94. The molecular weight excluding hydrogens is 527 g/mol. The van der Waals surface area contributed by atoms with Gasteiger partial charge in [0.1, 0.15) is 18.9 Å². The maximum absolute atomic E-state index is 15.6. The Labute approximate surface area is 236 Å². The fraction of sp³-hybridized carbons (Fsp3) is 0.433. The SMILES string of the molecule is CCOC(=O)CN(C)C(=O)Cn1nc(C2CC3(C2)CN(C(C)=O)C3)c2c(-c3cc4c(cnn4C)cc3F)cccc21. The second-order valence-electron chi connectivity index (χ2n) is 11.4. The fourth-order valence-corrected chi connectivity index (χ4v) is 6.43. The van der Waals surface area contributed by atoms with Crippen molar-refractivity contribution >= 4 is 39.6 Å². The summed E-state index contributed by atoms with van der Waals surface area (Å²) >= 11 is 0. The molecule has 214 valence electrons. The fourth-order valence-electron chi connectivity index (χ4n) is 6.43. The normalized spacial score (nSPS) is 16.2. The zero-order valence-electron chi connectivity index (χ0n) is 23.7. The summed E-state index contributed by atoms with van der Waals surface area (Å²) in [5, 5.41) is 10.7. The number of likely N-dealkylation sites (N-methyl/N-ethyl adjacent to an activating group) is 1. The summed E-state index contributed by atoms with van der Waals surface area (Å²) in [7, 11) is 3.38. The van der Waals surface area contributed by atoms with Gasteiger partial charge in [-0.3, -0.25) is 23.7 Å². The van der Waals surface area contributed by atoms with Crippen molar-refractivity contribution in [2.45, 2.75) is 39.2 Å². The number of esters is 1. The summed E-state index contributed by atoms with van der Waals surface area (Å²) in [4.78, 5) is 40.0. The molecule has 3 heterocycles. The number of amides is 2. The van der Waals surface area contributed by atoms with Crippen molar-refractivity contribution in [1.29, 1.82) is 0 Å². The Hall–Kier alpha value is -4.28. The minimum absolute atomic E-state index is 0.0743. The van der Waals surface area contributed by atoms with E-state index in [-0.39, 0.29) is 48.7 Å². The number of hydrogen-bond acceptors (Lipinski definition) is 6. The molecule has 0 N–H and O–H groups in total. The zero-order chi connectivity index (χ0) is 29.1. The molecule has 1 saturated carbocycles. The van der Waals surface area contributed by atoms with Crippen LogP contribution in [0.1, 0.15) is 38.3 Å². The Morgan fingerprint density at radius 1 is 1.15 bits per heavy atom. The monoisotopic (exact) mass is 560 g/mol. The van der Waals surface area contributed by atoms with Crippen molar-refractivity contribution in [3.63, 3.8) is 0 Å². The number of fused-ring (bicyclic) bond motifs is 2. The number of carbonyl (C=O) groups is 3. The van der Waals surface area contributed by atoms with Crippen LogP contribution in [0.15, 0.2) is 36.5 Å². The van der Waals surface area contributed by atoms with Gasteiger partial charge in [-0.1, -0.05) is 12.1 Å². The molecule has 0 bridgehead atoms. The highest BCUT2D eigenvalue weighted by atomic mass is 19.1. The first kappa shape index (κ1) is 26.9. The molecular formula is C30H33FN6O4. The number of rotatable bonds is 7. The largest absolute Gasteiger partial charge is 0.465 e. The molecule has 41 heavy (non-hydrogen) atoms. The number of likely N-dealkylation sites (tertiary alicyclic amines) is 1. The van der Waals surface area contributed by atoms with Gasteiger partial charge in [0.25, 0.3) is 0 Å². The highest BCUT2D eigenvalue weighted by Crippen LogP contribution is 2.57. The maximum Gasteiger partial charge on any atom is 0.325 e. The molecule has 0 atom stereocenters. The van der Waals surface area contributed by atoms with Gasteiger partial charge in [-0.15, -0.1) is 0 Å². The van der Waals surface area contributed by atoms with Gasteiger partial charge in [-0.2, -0.15) is 10.2 Å². The summed E-state index contributed by atoms with van der Waals surface area (Å²) in [6.07, 6.45) is 3.38. The second-order valence-corrected chi connectivity index (χ2v) is 11.4. The first-order valence-electron chi connectivity index (χ1n) is 13.9. The predicted molar refractivity (Wildman–Crippen MR) is 150 cm³/mol. The van der Waals surface area contributed by atoms with E-state index in [0.29, 0.717) is 16.5 Å². The quantitative estimate of drug-likeness (QED) is 0.321. The van der Waals surface area contributed by atoms with E-state index in [1.54, 1.807) is 36.5 Å². The lowest BCUT2D eigenvalue weighted by Gasteiger charge is -2.58. The number of nitrogens with zero attached hydrogens (tertiary/aromatic N) is 6. The molecule has 11 heteroatoms. The first-order valence-corrected chi connectivity index (χ1v) is 13.9. The summed E-state index contributed by atoms with van der Waals surface area (Å²) in [5.41, 5.74) is 3.60. The number of carbonyl (C=O) groups excluding carboxylic acids is 3. The lowest BCUT2D eigenvalue weighted by Crippen LogP contribution is -2.62. The van der Waals surface area contributed by atoms with Crippen LogP contribution in [0, 0.1) is 11.2 Å². The average Bonchev–Trinajstić information content (AvgIpc) is 3.41. The van der Waals surface area contributed by atoms with E-state index >= 15 is 4.39 Å². The number of ether oxygens (including phenoxy) is 1. The Morgan fingerprint density at radius 2 is 1.90 bits per heavy atom. The van der Waals surface area contributed by atoms with Gasteiger partial charge < -0.3 is 14.5 Å². The van der Waals surface area contributed by atoms with E-state index in [1.807, 2.05) is 36.2 Å². The Balaban J connectivity index is 1.39. The van der Waals surface area contributed by atoms with Crippen LogP contribution >= 0.6 is 0 Å². The third-order valence-corrected chi connectivity index (χ3v) is 8.56. The van der Waals surface area contributed by atoms with Crippen LogP contribution in [0.4, 0.5) is 4.39 Å². The number of aryl methyl sites for hydroxylation is 1. The minimum Gasteiger partial charge on any atom is -0.465 e. The number of halogens is 1. The predicted octanol–water partition coefficient (Wildman–Crippen LogP) is 3.48. The Kier molecular flexibility index (Phi) is 6.55. The molecule has 1 aliphatic carbocycles. The third-order valence-electron chi connectivity index (χ3n) is 8.56. The molecule has 2 amide bonds. The van der Waals surface area contributed by atoms with Crippen LogP contribution in [-0.4, -0.2) is 80.4 Å². The van der Waals surface area contributed by atoms with Crippen molar-refractivity contribution in [1.82, 2.24) is 29.4 Å². The summed E-state index contributed by atoms with van der Waals surface area (Å²) in [5.74, 6) is -0.920. The molecule has 4 aromatic rings. The van der Waals surface area contributed by atoms with E-state index in [9.17, 15) is 14.4 Å². The van der Waals surface area contributed by atoms with Gasteiger partial charge in [-0.05, 0) is 43.5 Å². The topological polar surface area (TPSA) is 103 Å². The van der Waals surface area contributed by atoms with Crippen molar-refractivity contribution < 1.29 is 23.5 Å². The third kappa shape index (κ3) is 4.62. The molecule has 6 rings (SSSR count). The molecule has 1 saturated heterocycles. The maximum atomic E-state index is 15.6. The molecule has 10 nitrogen and oxygen atoms in total. The van der Waals surface area contributed by atoms with Crippen LogP contribution in [-0.2, 0) is 32.7 Å². The van der Waals surface area contributed by atoms with Crippen molar-refractivity contribution in [2.24, 2.45) is 12.5 Å².